The number of halogens is 1. The van der Waals surface area contributed by atoms with Gasteiger partial charge in [-0.25, -0.2) is 4.98 Å². The Morgan fingerprint density at radius 2 is 1.58 bits per heavy atom. The van der Waals surface area contributed by atoms with E-state index < -0.39 is 0 Å². The third kappa shape index (κ3) is 2.99. The predicted molar refractivity (Wildman–Crippen MR) is 106 cm³/mol. The summed E-state index contributed by atoms with van der Waals surface area (Å²) in [5, 5.41) is 3.99. The maximum Gasteiger partial charge on any atom is 0.245 e. The van der Waals surface area contributed by atoms with Crippen molar-refractivity contribution in [2.45, 2.75) is 6.54 Å². The molecule has 0 aliphatic carbocycles. The zero-order valence-corrected chi connectivity index (χ0v) is 15.2. The monoisotopic (exact) mass is 407 g/mol. The number of amides is 1. The van der Waals surface area contributed by atoms with Crippen LogP contribution in [0.5, 0.6) is 0 Å². The smallest absolute Gasteiger partial charge is 0.245 e. The Morgan fingerprint density at radius 1 is 0.962 bits per heavy atom. The highest BCUT2D eigenvalue weighted by atomic mass is 79.9. The van der Waals surface area contributed by atoms with Gasteiger partial charge < -0.3 is 9.88 Å². The summed E-state index contributed by atoms with van der Waals surface area (Å²) in [6.07, 6.45) is 1.62. The third-order valence-electron chi connectivity index (χ3n) is 4.18. The van der Waals surface area contributed by atoms with Crippen molar-refractivity contribution in [2.75, 3.05) is 5.32 Å². The van der Waals surface area contributed by atoms with Gasteiger partial charge in [0.2, 0.25) is 5.91 Å². The first-order chi connectivity index (χ1) is 12.6. The number of para-hydroxylation sites is 2. The summed E-state index contributed by atoms with van der Waals surface area (Å²) < 4.78 is 2.70. The number of nitrogens with zero attached hydrogens (tertiary/aromatic N) is 2. The molecule has 1 N–H and O–H groups in total. The van der Waals surface area contributed by atoms with Crippen LogP contribution in [0.25, 0.3) is 21.8 Å². The van der Waals surface area contributed by atoms with Gasteiger partial charge in [-0.1, -0.05) is 24.3 Å². The molecule has 0 radical (unpaired) electrons. The van der Waals surface area contributed by atoms with Crippen molar-refractivity contribution in [3.05, 3.63) is 81.6 Å². The maximum absolute atomic E-state index is 12.7. The Kier molecular flexibility index (Phi) is 4.26. The Labute approximate surface area is 157 Å². The fourth-order valence-electron chi connectivity index (χ4n) is 3.02. The number of hydrogen-bond donors (Lipinski definition) is 1. The van der Waals surface area contributed by atoms with Gasteiger partial charge in [-0.3, -0.25) is 9.59 Å². The SMILES string of the molecule is O=C(Cn1c2ccccc2c(=O)c2ccccc21)Nc1ccc(Br)cn1. The minimum Gasteiger partial charge on any atom is -0.331 e. The van der Waals surface area contributed by atoms with Crippen molar-refractivity contribution in [3.8, 4) is 0 Å². The zero-order valence-electron chi connectivity index (χ0n) is 13.6. The molecule has 4 aromatic rings. The number of anilines is 1. The van der Waals surface area contributed by atoms with E-state index in [1.54, 1.807) is 24.4 Å². The van der Waals surface area contributed by atoms with Gasteiger partial charge in [0, 0.05) is 21.4 Å². The van der Waals surface area contributed by atoms with Crippen LogP contribution in [0, 0.1) is 0 Å². The van der Waals surface area contributed by atoms with Crippen molar-refractivity contribution in [1.29, 1.82) is 0 Å². The van der Waals surface area contributed by atoms with Gasteiger partial charge in [0.15, 0.2) is 5.43 Å². The molecule has 2 aromatic heterocycles. The molecule has 0 unspecified atom stereocenters. The summed E-state index contributed by atoms with van der Waals surface area (Å²) >= 11 is 3.32. The highest BCUT2D eigenvalue weighted by Gasteiger charge is 2.13. The summed E-state index contributed by atoms with van der Waals surface area (Å²) in [4.78, 5) is 29.5. The topological polar surface area (TPSA) is 64.0 Å². The van der Waals surface area contributed by atoms with Crippen LogP contribution in [0.1, 0.15) is 0 Å². The Hall–Kier alpha value is -2.99. The lowest BCUT2D eigenvalue weighted by Crippen LogP contribution is -2.21. The second kappa shape index (κ2) is 6.72. The number of nitrogens with one attached hydrogen (secondary N) is 1. The third-order valence-corrected chi connectivity index (χ3v) is 4.64. The molecular formula is C20H14BrN3O2. The van der Waals surface area contributed by atoms with Crippen molar-refractivity contribution in [1.82, 2.24) is 9.55 Å². The number of pyridine rings is 2. The quantitative estimate of drug-likeness (QED) is 0.522. The van der Waals surface area contributed by atoms with Crippen LogP contribution >= 0.6 is 15.9 Å². The average molecular weight is 408 g/mol. The first-order valence-electron chi connectivity index (χ1n) is 8.05. The van der Waals surface area contributed by atoms with Gasteiger partial charge in [-0.05, 0) is 52.3 Å². The summed E-state index contributed by atoms with van der Waals surface area (Å²) in [6.45, 7) is 0.0824. The standard InChI is InChI=1S/C20H14BrN3O2/c21-13-9-10-18(22-11-13)23-19(25)12-24-16-7-3-1-5-14(16)20(26)15-6-2-4-8-17(15)24/h1-11H,12H2,(H,22,23,25). The van der Waals surface area contributed by atoms with Crippen LogP contribution in [0.2, 0.25) is 0 Å². The largest absolute Gasteiger partial charge is 0.331 e. The van der Waals surface area contributed by atoms with Gasteiger partial charge in [0.05, 0.1) is 11.0 Å². The number of carbonyl (C=O) groups is 1. The molecule has 0 atom stereocenters. The molecule has 0 aliphatic heterocycles. The number of aromatic nitrogens is 2. The molecule has 0 saturated carbocycles. The van der Waals surface area contributed by atoms with Crippen molar-refractivity contribution in [2.24, 2.45) is 0 Å². The van der Waals surface area contributed by atoms with Crippen LogP contribution < -0.4 is 10.7 Å². The molecule has 128 valence electrons. The molecule has 2 aromatic carbocycles. The van der Waals surface area contributed by atoms with E-state index in [9.17, 15) is 9.59 Å². The number of benzene rings is 2. The van der Waals surface area contributed by atoms with Gasteiger partial charge in [0.25, 0.3) is 0 Å². The van der Waals surface area contributed by atoms with Gasteiger partial charge >= 0.3 is 0 Å². The van der Waals surface area contributed by atoms with Crippen LogP contribution in [-0.2, 0) is 11.3 Å². The molecule has 5 nitrogen and oxygen atoms in total. The molecule has 0 fully saturated rings. The van der Waals surface area contributed by atoms with Crippen LogP contribution in [-0.4, -0.2) is 15.5 Å². The minimum atomic E-state index is -0.209. The minimum absolute atomic E-state index is 0.0255. The lowest BCUT2D eigenvalue weighted by molar-refractivity contribution is -0.116. The molecule has 4 rings (SSSR count). The number of fused-ring (bicyclic) bond motifs is 2. The molecule has 26 heavy (non-hydrogen) atoms. The average Bonchev–Trinajstić information content (AvgIpc) is 2.67. The molecular weight excluding hydrogens is 394 g/mol. The van der Waals surface area contributed by atoms with E-state index in [4.69, 9.17) is 0 Å². The van der Waals surface area contributed by atoms with Gasteiger partial charge in [-0.2, -0.15) is 0 Å². The summed E-state index contributed by atoms with van der Waals surface area (Å²) in [5.41, 5.74) is 1.44. The van der Waals surface area contributed by atoms with Crippen molar-refractivity contribution < 1.29 is 4.79 Å². The van der Waals surface area contributed by atoms with E-state index in [1.807, 2.05) is 47.0 Å². The lowest BCUT2D eigenvalue weighted by atomic mass is 10.1. The lowest BCUT2D eigenvalue weighted by Gasteiger charge is -2.15. The van der Waals surface area contributed by atoms with E-state index in [0.717, 1.165) is 15.5 Å². The summed E-state index contributed by atoms with van der Waals surface area (Å²) in [6, 6.07) is 18.2. The van der Waals surface area contributed by atoms with Crippen LogP contribution in [0.4, 0.5) is 5.82 Å². The molecule has 6 heteroatoms. The Balaban J connectivity index is 1.79. The van der Waals surface area contributed by atoms with Gasteiger partial charge in [0.1, 0.15) is 12.4 Å². The normalized spacial score (nSPS) is 11.0. The number of carbonyl (C=O) groups excluding carboxylic acids is 1. The molecule has 0 saturated heterocycles. The van der Waals surface area contributed by atoms with E-state index in [-0.39, 0.29) is 17.9 Å². The molecule has 2 heterocycles. The molecule has 0 aliphatic rings. The van der Waals surface area contributed by atoms with Crippen molar-refractivity contribution >= 4 is 49.5 Å². The molecule has 0 spiro atoms. The van der Waals surface area contributed by atoms with Crippen LogP contribution in [0.3, 0.4) is 0 Å². The highest BCUT2D eigenvalue weighted by molar-refractivity contribution is 9.10. The van der Waals surface area contributed by atoms with E-state index >= 15 is 0 Å². The predicted octanol–water partition coefficient (Wildman–Crippen LogP) is 3.95. The molecule has 0 bridgehead atoms. The number of rotatable bonds is 3. The summed E-state index contributed by atoms with van der Waals surface area (Å²) in [7, 11) is 0. The zero-order chi connectivity index (χ0) is 18.1. The molecule has 1 amide bonds. The van der Waals surface area contributed by atoms with E-state index in [0.29, 0.717) is 16.6 Å². The first kappa shape index (κ1) is 16.5. The number of hydrogen-bond acceptors (Lipinski definition) is 3. The fraction of sp³-hybridized carbons (Fsp3) is 0.0500. The van der Waals surface area contributed by atoms with Crippen molar-refractivity contribution in [3.63, 3.8) is 0 Å². The summed E-state index contributed by atoms with van der Waals surface area (Å²) in [5.74, 6) is 0.270. The fourth-order valence-corrected chi connectivity index (χ4v) is 3.26. The maximum atomic E-state index is 12.7. The Bertz CT molecular complexity index is 1120. The van der Waals surface area contributed by atoms with E-state index in [1.165, 1.54) is 0 Å². The first-order valence-corrected chi connectivity index (χ1v) is 8.84. The highest BCUT2D eigenvalue weighted by Crippen LogP contribution is 2.19. The Morgan fingerprint density at radius 3 is 2.15 bits per heavy atom. The second-order valence-electron chi connectivity index (χ2n) is 5.86. The van der Waals surface area contributed by atoms with E-state index in [2.05, 4.69) is 26.2 Å². The second-order valence-corrected chi connectivity index (χ2v) is 6.78. The van der Waals surface area contributed by atoms with Crippen LogP contribution in [0.15, 0.2) is 76.1 Å². The van der Waals surface area contributed by atoms with Gasteiger partial charge in [-0.15, -0.1) is 0 Å².